The lowest BCUT2D eigenvalue weighted by Crippen LogP contribution is -2.16. The Kier molecular flexibility index (Phi) is 5.78. The van der Waals surface area contributed by atoms with Crippen molar-refractivity contribution < 1.29 is 18.7 Å². The third kappa shape index (κ3) is 4.79. The number of nitrogens with one attached hydrogen (secondary N) is 1. The number of carbonyl (C=O) groups is 1. The largest absolute Gasteiger partial charge is 0.446 e. The molecule has 3 aromatic rings. The molecule has 8 nitrogen and oxygen atoms in total. The average molecular weight is 383 g/mol. The quantitative estimate of drug-likeness (QED) is 0.698. The topological polar surface area (TPSA) is 95.6 Å². The summed E-state index contributed by atoms with van der Waals surface area (Å²) in [6, 6.07) is 14.4. The van der Waals surface area contributed by atoms with Gasteiger partial charge in [0.25, 0.3) is 0 Å². The van der Waals surface area contributed by atoms with Crippen molar-refractivity contribution in [3.05, 3.63) is 70.2 Å². The molecule has 0 spiro atoms. The van der Waals surface area contributed by atoms with E-state index in [0.29, 0.717) is 11.4 Å². The van der Waals surface area contributed by atoms with Crippen molar-refractivity contribution in [1.29, 1.82) is 0 Å². The Morgan fingerprint density at radius 3 is 2.64 bits per heavy atom. The fraction of sp³-hybridized carbons (Fsp3) is 0.250. The number of anilines is 1. The Morgan fingerprint density at radius 1 is 1.21 bits per heavy atom. The second kappa shape index (κ2) is 8.43. The SMILES string of the molecule is Cc1cc(-n2nc(OC(C)C)oc2=O)ccc1NC(=O)OCc1ccccc1. The van der Waals surface area contributed by atoms with E-state index in [1.54, 1.807) is 39.0 Å². The summed E-state index contributed by atoms with van der Waals surface area (Å²) in [7, 11) is 0. The molecule has 0 bridgehead atoms. The van der Waals surface area contributed by atoms with Gasteiger partial charge in [0.2, 0.25) is 0 Å². The van der Waals surface area contributed by atoms with Gasteiger partial charge < -0.3 is 13.9 Å². The van der Waals surface area contributed by atoms with Crippen LogP contribution >= 0.6 is 0 Å². The van der Waals surface area contributed by atoms with Crippen molar-refractivity contribution in [3.63, 3.8) is 0 Å². The first kappa shape index (κ1) is 19.2. The van der Waals surface area contributed by atoms with Crippen molar-refractivity contribution in [1.82, 2.24) is 9.78 Å². The third-order valence-corrected chi connectivity index (χ3v) is 3.77. The van der Waals surface area contributed by atoms with Gasteiger partial charge in [0, 0.05) is 5.69 Å². The van der Waals surface area contributed by atoms with Crippen LogP contribution in [0, 0.1) is 6.92 Å². The number of ether oxygens (including phenoxy) is 2. The number of hydrogen-bond donors (Lipinski definition) is 1. The predicted octanol–water partition coefficient (Wildman–Crippen LogP) is 3.67. The standard InChI is InChI=1S/C20H21N3O5/c1-13(2)27-19-22-23(20(25)28-19)16-9-10-17(14(3)11-16)21-18(24)26-12-15-7-5-4-6-8-15/h4-11,13H,12H2,1-3H3,(H,21,24). The highest BCUT2D eigenvalue weighted by molar-refractivity contribution is 5.85. The molecule has 8 heteroatoms. The first-order valence-corrected chi connectivity index (χ1v) is 8.78. The van der Waals surface area contributed by atoms with E-state index in [9.17, 15) is 9.59 Å². The molecular weight excluding hydrogens is 362 g/mol. The molecule has 1 aromatic heterocycles. The first-order valence-electron chi connectivity index (χ1n) is 8.78. The summed E-state index contributed by atoms with van der Waals surface area (Å²) in [5.41, 5.74) is 2.69. The molecule has 1 amide bonds. The molecule has 0 unspecified atom stereocenters. The molecule has 0 radical (unpaired) electrons. The van der Waals surface area contributed by atoms with Crippen LogP contribution in [0.25, 0.3) is 5.69 Å². The molecule has 0 aliphatic heterocycles. The van der Waals surface area contributed by atoms with Gasteiger partial charge in [-0.1, -0.05) is 35.4 Å². The van der Waals surface area contributed by atoms with E-state index in [4.69, 9.17) is 13.9 Å². The summed E-state index contributed by atoms with van der Waals surface area (Å²) in [6.45, 7) is 5.59. The zero-order valence-electron chi connectivity index (χ0n) is 15.8. The highest BCUT2D eigenvalue weighted by Gasteiger charge is 2.14. The number of aryl methyl sites for hydroxylation is 1. The maximum Gasteiger partial charge on any atom is 0.444 e. The summed E-state index contributed by atoms with van der Waals surface area (Å²) >= 11 is 0. The number of amides is 1. The summed E-state index contributed by atoms with van der Waals surface area (Å²) in [5, 5.41) is 6.71. The minimum atomic E-state index is -0.655. The molecule has 3 rings (SSSR count). The average Bonchev–Trinajstić information content (AvgIpc) is 3.02. The van der Waals surface area contributed by atoms with Gasteiger partial charge in [-0.2, -0.15) is 4.68 Å². The molecule has 2 aromatic carbocycles. The van der Waals surface area contributed by atoms with Crippen LogP contribution in [-0.4, -0.2) is 22.0 Å². The Hall–Kier alpha value is -3.55. The Bertz CT molecular complexity index is 1010. The van der Waals surface area contributed by atoms with E-state index in [1.165, 1.54) is 0 Å². The van der Waals surface area contributed by atoms with Gasteiger partial charge >= 0.3 is 17.9 Å². The van der Waals surface area contributed by atoms with E-state index >= 15 is 0 Å². The highest BCUT2D eigenvalue weighted by atomic mass is 16.6. The Morgan fingerprint density at radius 2 is 1.96 bits per heavy atom. The van der Waals surface area contributed by atoms with Crippen LogP contribution in [0.3, 0.4) is 0 Å². The Labute approximate surface area is 161 Å². The van der Waals surface area contributed by atoms with Crippen LogP contribution < -0.4 is 15.8 Å². The number of rotatable bonds is 6. The molecule has 28 heavy (non-hydrogen) atoms. The third-order valence-electron chi connectivity index (χ3n) is 3.77. The normalized spacial score (nSPS) is 10.7. The summed E-state index contributed by atoms with van der Waals surface area (Å²) in [5.74, 6) is -0.655. The summed E-state index contributed by atoms with van der Waals surface area (Å²) in [6.07, 6.45) is -0.822. The van der Waals surface area contributed by atoms with Gasteiger partial charge in [-0.25, -0.2) is 9.59 Å². The number of aromatic nitrogens is 2. The van der Waals surface area contributed by atoms with E-state index in [-0.39, 0.29) is 18.8 Å². The first-order chi connectivity index (χ1) is 13.4. The fourth-order valence-electron chi connectivity index (χ4n) is 2.46. The van der Waals surface area contributed by atoms with Crippen LogP contribution in [0.15, 0.2) is 57.7 Å². The molecule has 0 fully saturated rings. The smallest absolute Gasteiger partial charge is 0.444 e. The Balaban J connectivity index is 1.68. The van der Waals surface area contributed by atoms with Crippen LogP contribution in [0.5, 0.6) is 6.08 Å². The zero-order valence-corrected chi connectivity index (χ0v) is 15.8. The number of hydrogen-bond acceptors (Lipinski definition) is 6. The van der Waals surface area contributed by atoms with Gasteiger partial charge in [0.15, 0.2) is 0 Å². The predicted molar refractivity (Wildman–Crippen MR) is 103 cm³/mol. The maximum absolute atomic E-state index is 12.0. The number of nitrogens with zero attached hydrogens (tertiary/aromatic N) is 2. The fourth-order valence-corrected chi connectivity index (χ4v) is 2.46. The van der Waals surface area contributed by atoms with Crippen molar-refractivity contribution in [3.8, 4) is 11.8 Å². The van der Waals surface area contributed by atoms with Crippen LogP contribution in [-0.2, 0) is 11.3 Å². The van der Waals surface area contributed by atoms with Gasteiger partial charge in [-0.15, -0.1) is 0 Å². The van der Waals surface area contributed by atoms with Crippen LogP contribution in [0.1, 0.15) is 25.0 Å². The molecule has 0 aliphatic rings. The summed E-state index contributed by atoms with van der Waals surface area (Å²) in [4.78, 5) is 24.0. The molecule has 146 valence electrons. The lowest BCUT2D eigenvalue weighted by molar-refractivity contribution is 0.155. The lowest BCUT2D eigenvalue weighted by atomic mass is 10.2. The molecular formula is C20H21N3O5. The van der Waals surface area contributed by atoms with E-state index in [1.807, 2.05) is 30.3 Å². The highest BCUT2D eigenvalue weighted by Crippen LogP contribution is 2.19. The lowest BCUT2D eigenvalue weighted by Gasteiger charge is -2.10. The molecule has 0 atom stereocenters. The van der Waals surface area contributed by atoms with E-state index in [2.05, 4.69) is 10.4 Å². The van der Waals surface area contributed by atoms with Gasteiger partial charge in [0.05, 0.1) is 11.8 Å². The van der Waals surface area contributed by atoms with Crippen molar-refractivity contribution in [2.45, 2.75) is 33.5 Å². The van der Waals surface area contributed by atoms with Crippen molar-refractivity contribution in [2.75, 3.05) is 5.32 Å². The van der Waals surface area contributed by atoms with Crippen molar-refractivity contribution in [2.24, 2.45) is 0 Å². The molecule has 1 heterocycles. The minimum Gasteiger partial charge on any atom is -0.446 e. The molecule has 1 N–H and O–H groups in total. The van der Waals surface area contributed by atoms with E-state index < -0.39 is 11.8 Å². The molecule has 0 saturated heterocycles. The molecule has 0 aliphatic carbocycles. The minimum absolute atomic E-state index is 0.0932. The zero-order chi connectivity index (χ0) is 20.1. The van der Waals surface area contributed by atoms with Gasteiger partial charge in [-0.05, 0) is 50.1 Å². The number of benzene rings is 2. The summed E-state index contributed by atoms with van der Waals surface area (Å²) < 4.78 is 16.6. The van der Waals surface area contributed by atoms with Crippen LogP contribution in [0.4, 0.5) is 10.5 Å². The number of carbonyl (C=O) groups excluding carboxylic acids is 1. The molecule has 0 saturated carbocycles. The maximum atomic E-state index is 12.0. The van der Waals surface area contributed by atoms with Gasteiger partial charge in [0.1, 0.15) is 6.61 Å². The second-order valence-corrected chi connectivity index (χ2v) is 6.40. The second-order valence-electron chi connectivity index (χ2n) is 6.40. The van der Waals surface area contributed by atoms with Gasteiger partial charge in [-0.3, -0.25) is 5.32 Å². The monoisotopic (exact) mass is 383 g/mol. The van der Waals surface area contributed by atoms with Crippen molar-refractivity contribution >= 4 is 11.8 Å². The van der Waals surface area contributed by atoms with E-state index in [0.717, 1.165) is 15.8 Å². The van der Waals surface area contributed by atoms with Crippen LogP contribution in [0.2, 0.25) is 0 Å².